The molecule has 9 nitrogen and oxygen atoms in total. The summed E-state index contributed by atoms with van der Waals surface area (Å²) in [5.74, 6) is -4.12. The number of nitrogens with two attached hydrogens (primary N) is 3. The minimum Gasteiger partial charge on any atom is -0.550 e. The minimum absolute atomic E-state index is 0. The van der Waals surface area contributed by atoms with Crippen molar-refractivity contribution in [2.45, 2.75) is 95.2 Å². The van der Waals surface area contributed by atoms with Crippen LogP contribution in [0, 0.1) is 17.8 Å². The van der Waals surface area contributed by atoms with Gasteiger partial charge in [0, 0.05) is 53.8 Å². The van der Waals surface area contributed by atoms with Crippen molar-refractivity contribution in [2.75, 3.05) is 0 Å². The number of carbonyl (C=O) groups is 3. The molecule has 179 valence electrons. The van der Waals surface area contributed by atoms with Gasteiger partial charge in [0.15, 0.2) is 0 Å². The number of hydrogen-bond donors (Lipinski definition) is 3. The van der Waals surface area contributed by atoms with E-state index in [-0.39, 0.29) is 35.2 Å². The van der Waals surface area contributed by atoms with Crippen LogP contribution in [-0.4, -0.2) is 36.0 Å². The van der Waals surface area contributed by atoms with E-state index in [1.165, 1.54) is 0 Å². The zero-order valence-corrected chi connectivity index (χ0v) is 19.1. The molecule has 0 aromatic heterocycles. The fourth-order valence-corrected chi connectivity index (χ4v) is 4.36. The molecule has 3 unspecified atom stereocenters. The molecule has 3 aliphatic rings. The quantitative estimate of drug-likeness (QED) is 0.372. The van der Waals surface area contributed by atoms with Gasteiger partial charge in [-0.15, -0.1) is 0 Å². The molecular weight excluding hydrogens is 446 g/mol. The summed E-state index contributed by atoms with van der Waals surface area (Å²) in [6, 6.07) is -0.503. The Hall–Kier alpha value is -1.19. The molecule has 0 saturated heterocycles. The summed E-state index contributed by atoms with van der Waals surface area (Å²) in [6.45, 7) is 0. The Bertz CT molecular complexity index is 489. The van der Waals surface area contributed by atoms with Crippen molar-refractivity contribution in [1.29, 1.82) is 0 Å². The molecule has 0 aliphatic heterocycles. The van der Waals surface area contributed by atoms with Gasteiger partial charge in [0.2, 0.25) is 0 Å². The van der Waals surface area contributed by atoms with Crippen molar-refractivity contribution in [2.24, 2.45) is 35.0 Å². The Morgan fingerprint density at radius 3 is 0.806 bits per heavy atom. The summed E-state index contributed by atoms with van der Waals surface area (Å²) in [6.07, 6.45) is 10.7. The number of rotatable bonds is 3. The number of aliphatic carboxylic acids is 3. The van der Waals surface area contributed by atoms with Crippen molar-refractivity contribution in [3.63, 3.8) is 0 Å². The summed E-state index contributed by atoms with van der Waals surface area (Å²) in [7, 11) is 0. The van der Waals surface area contributed by atoms with Gasteiger partial charge in [0.05, 0.1) is 0 Å². The molecule has 1 radical (unpaired) electrons. The summed E-state index contributed by atoms with van der Waals surface area (Å²) in [5.41, 5.74) is 16.7. The van der Waals surface area contributed by atoms with Crippen molar-refractivity contribution < 1.29 is 46.8 Å². The molecule has 0 aromatic carbocycles. The summed E-state index contributed by atoms with van der Waals surface area (Å²) in [4.78, 5) is 31.1. The van der Waals surface area contributed by atoms with E-state index < -0.39 is 35.7 Å². The molecule has 6 atom stereocenters. The largest absolute Gasteiger partial charge is 3.00 e. The number of carbonyl (C=O) groups excluding carboxylic acids is 3. The van der Waals surface area contributed by atoms with Crippen LogP contribution in [0.5, 0.6) is 0 Å². The fraction of sp³-hybridized carbons (Fsp3) is 0.857. The van der Waals surface area contributed by atoms with E-state index in [9.17, 15) is 29.7 Å². The van der Waals surface area contributed by atoms with Gasteiger partial charge in [-0.3, -0.25) is 0 Å². The Kier molecular flexibility index (Phi) is 15.0. The Morgan fingerprint density at radius 1 is 0.484 bits per heavy atom. The van der Waals surface area contributed by atoms with Crippen molar-refractivity contribution in [3.05, 3.63) is 0 Å². The third-order valence-electron chi connectivity index (χ3n) is 6.37. The maximum Gasteiger partial charge on any atom is 3.00 e. The van der Waals surface area contributed by atoms with E-state index in [1.807, 2.05) is 0 Å². The second-order valence-corrected chi connectivity index (χ2v) is 8.62. The van der Waals surface area contributed by atoms with Crippen LogP contribution in [0.1, 0.15) is 77.0 Å². The van der Waals surface area contributed by atoms with E-state index >= 15 is 0 Å². The standard InChI is InChI=1S/3C7H13NO2.Fe/c3*8-6-4-2-1-3-5(6)7(9)10;/h3*5-6H,1-4,8H2,(H,9,10);/q;;;+3/p-3/t3*5?,6-;/m000./s1. The van der Waals surface area contributed by atoms with Crippen LogP contribution in [0.15, 0.2) is 0 Å². The molecule has 3 saturated carbocycles. The normalized spacial score (nSPS) is 32.6. The van der Waals surface area contributed by atoms with Crippen LogP contribution in [0.25, 0.3) is 0 Å². The smallest absolute Gasteiger partial charge is 0.550 e. The molecule has 3 rings (SSSR count). The predicted molar refractivity (Wildman–Crippen MR) is 105 cm³/mol. The first-order valence-electron chi connectivity index (χ1n) is 11.0. The average Bonchev–Trinajstić information content (AvgIpc) is 2.69. The fourth-order valence-electron chi connectivity index (χ4n) is 4.36. The first kappa shape index (κ1) is 29.8. The van der Waals surface area contributed by atoms with Gasteiger partial charge in [-0.1, -0.05) is 38.5 Å². The van der Waals surface area contributed by atoms with Crippen molar-refractivity contribution >= 4 is 17.9 Å². The molecule has 0 amide bonds. The van der Waals surface area contributed by atoms with E-state index in [2.05, 4.69) is 0 Å². The van der Waals surface area contributed by atoms with Gasteiger partial charge in [0.25, 0.3) is 0 Å². The van der Waals surface area contributed by atoms with Crippen LogP contribution in [0.4, 0.5) is 0 Å². The van der Waals surface area contributed by atoms with Crippen LogP contribution < -0.4 is 32.5 Å². The average molecular weight is 482 g/mol. The summed E-state index contributed by atoms with van der Waals surface area (Å²) < 4.78 is 0. The number of carboxylic acid groups (broad SMARTS) is 3. The van der Waals surface area contributed by atoms with E-state index in [0.717, 1.165) is 57.8 Å². The van der Waals surface area contributed by atoms with Crippen molar-refractivity contribution in [1.82, 2.24) is 0 Å². The first-order valence-corrected chi connectivity index (χ1v) is 11.0. The van der Waals surface area contributed by atoms with Gasteiger partial charge in [-0.2, -0.15) is 0 Å². The first-order chi connectivity index (χ1) is 14.1. The topological polar surface area (TPSA) is 198 Å². The van der Waals surface area contributed by atoms with Gasteiger partial charge < -0.3 is 46.9 Å². The van der Waals surface area contributed by atoms with Crippen LogP contribution in [0.3, 0.4) is 0 Å². The van der Waals surface area contributed by atoms with Crippen LogP contribution in [0.2, 0.25) is 0 Å². The van der Waals surface area contributed by atoms with E-state index in [0.29, 0.717) is 19.3 Å². The molecule has 3 fully saturated rings. The Balaban J connectivity index is 0.000000429. The third-order valence-corrected chi connectivity index (χ3v) is 6.37. The van der Waals surface area contributed by atoms with Crippen LogP contribution >= 0.6 is 0 Å². The predicted octanol–water partition coefficient (Wildman–Crippen LogP) is -2.24. The molecule has 0 aromatic rings. The van der Waals surface area contributed by atoms with Crippen molar-refractivity contribution in [3.8, 4) is 0 Å². The molecular formula is C21H36FeN3O6. The number of hydrogen-bond acceptors (Lipinski definition) is 9. The molecule has 0 heterocycles. The maximum absolute atomic E-state index is 10.4. The third kappa shape index (κ3) is 10.8. The molecule has 10 heteroatoms. The molecule has 3 aliphatic carbocycles. The zero-order valence-electron chi connectivity index (χ0n) is 18.0. The molecule has 0 bridgehead atoms. The molecule has 31 heavy (non-hydrogen) atoms. The Morgan fingerprint density at radius 2 is 0.677 bits per heavy atom. The minimum atomic E-state index is -0.979. The summed E-state index contributed by atoms with van der Waals surface area (Å²) in [5, 5.41) is 31.1. The second-order valence-electron chi connectivity index (χ2n) is 8.62. The Labute approximate surface area is 195 Å². The van der Waals surface area contributed by atoms with E-state index in [4.69, 9.17) is 17.2 Å². The van der Waals surface area contributed by atoms with Gasteiger partial charge in [-0.25, -0.2) is 0 Å². The second kappa shape index (κ2) is 15.6. The monoisotopic (exact) mass is 482 g/mol. The van der Waals surface area contributed by atoms with Crippen LogP contribution in [-0.2, 0) is 31.5 Å². The zero-order chi connectivity index (χ0) is 22.7. The SMILES string of the molecule is N[C@H]1CCCCC1C(=O)[O-].N[C@H]1CCCCC1C(=O)[O-].N[C@H]1CCCCC1C(=O)[O-].[Fe+3]. The maximum atomic E-state index is 10.4. The summed E-state index contributed by atoms with van der Waals surface area (Å²) >= 11 is 0. The van der Waals surface area contributed by atoms with Gasteiger partial charge in [0.1, 0.15) is 0 Å². The molecule has 6 N–H and O–H groups in total. The van der Waals surface area contributed by atoms with E-state index in [1.54, 1.807) is 0 Å². The van der Waals surface area contributed by atoms with Gasteiger partial charge in [-0.05, 0) is 38.5 Å². The van der Waals surface area contributed by atoms with Gasteiger partial charge >= 0.3 is 17.1 Å². The number of carboxylic acids is 3. The molecule has 0 spiro atoms.